The predicted molar refractivity (Wildman–Crippen MR) is 70.3 cm³/mol. The van der Waals surface area contributed by atoms with E-state index < -0.39 is 0 Å². The number of rotatable bonds is 6. The summed E-state index contributed by atoms with van der Waals surface area (Å²) in [6, 6.07) is 1.76. The molecule has 0 fully saturated rings. The molecule has 0 bridgehead atoms. The molecule has 0 aliphatic heterocycles. The van der Waals surface area contributed by atoms with E-state index in [4.69, 9.17) is 5.73 Å². The molecule has 0 amide bonds. The van der Waals surface area contributed by atoms with Crippen molar-refractivity contribution in [1.82, 2.24) is 9.97 Å². The van der Waals surface area contributed by atoms with E-state index in [-0.39, 0.29) is 17.5 Å². The number of nitrogens with one attached hydrogen (secondary N) is 2. The largest absolute Gasteiger partial charge is 0.367 e. The zero-order chi connectivity index (χ0) is 12.8. The van der Waals surface area contributed by atoms with E-state index in [1.807, 2.05) is 13.8 Å². The molecular formula is C12H22N4O. The molecule has 5 heteroatoms. The summed E-state index contributed by atoms with van der Waals surface area (Å²) in [6.45, 7) is 6.75. The number of aromatic nitrogens is 2. The van der Waals surface area contributed by atoms with Gasteiger partial charge in [-0.05, 0) is 26.3 Å². The lowest BCUT2D eigenvalue weighted by Crippen LogP contribution is -2.21. The summed E-state index contributed by atoms with van der Waals surface area (Å²) in [5, 5.41) is 3.23. The van der Waals surface area contributed by atoms with Crippen molar-refractivity contribution in [1.29, 1.82) is 0 Å². The second kappa shape index (κ2) is 6.39. The highest BCUT2D eigenvalue weighted by Gasteiger charge is 2.07. The minimum Gasteiger partial charge on any atom is -0.367 e. The van der Waals surface area contributed by atoms with Crippen molar-refractivity contribution >= 4 is 5.82 Å². The molecule has 1 aromatic rings. The Kier molecular flexibility index (Phi) is 5.15. The second-order valence-corrected chi connectivity index (χ2v) is 4.65. The summed E-state index contributed by atoms with van der Waals surface area (Å²) in [6.07, 6.45) is 1.94. The molecule has 0 saturated heterocycles. The number of hydrogen-bond donors (Lipinski definition) is 3. The summed E-state index contributed by atoms with van der Waals surface area (Å²) < 4.78 is 0. The maximum absolute atomic E-state index is 11.5. The zero-order valence-corrected chi connectivity index (χ0v) is 10.8. The fourth-order valence-electron chi connectivity index (χ4n) is 1.57. The number of nitrogens with zero attached hydrogens (tertiary/aromatic N) is 1. The lowest BCUT2D eigenvalue weighted by molar-refractivity contribution is 0.658. The SMILES string of the molecule is CC(CCCN)Nc1cc(=O)[nH]c(C(C)C)n1. The van der Waals surface area contributed by atoms with Crippen LogP contribution in [0.3, 0.4) is 0 Å². The van der Waals surface area contributed by atoms with E-state index in [2.05, 4.69) is 22.2 Å². The number of hydrogen-bond acceptors (Lipinski definition) is 4. The maximum Gasteiger partial charge on any atom is 0.252 e. The predicted octanol–water partition coefficient (Wildman–Crippen LogP) is 1.43. The van der Waals surface area contributed by atoms with Crippen LogP contribution < -0.4 is 16.6 Å². The van der Waals surface area contributed by atoms with Crippen LogP contribution in [0.4, 0.5) is 5.82 Å². The van der Waals surface area contributed by atoms with Gasteiger partial charge >= 0.3 is 0 Å². The monoisotopic (exact) mass is 238 g/mol. The molecule has 1 heterocycles. The highest BCUT2D eigenvalue weighted by atomic mass is 16.1. The Morgan fingerprint density at radius 3 is 2.76 bits per heavy atom. The van der Waals surface area contributed by atoms with Crippen molar-refractivity contribution < 1.29 is 0 Å². The molecule has 0 aliphatic carbocycles. The van der Waals surface area contributed by atoms with Gasteiger partial charge in [0, 0.05) is 18.0 Å². The number of nitrogens with two attached hydrogens (primary N) is 1. The van der Waals surface area contributed by atoms with Crippen molar-refractivity contribution in [3.05, 3.63) is 22.2 Å². The first-order valence-electron chi connectivity index (χ1n) is 6.10. The molecule has 4 N–H and O–H groups in total. The maximum atomic E-state index is 11.5. The molecule has 17 heavy (non-hydrogen) atoms. The molecule has 1 aromatic heterocycles. The molecule has 0 radical (unpaired) electrons. The normalized spacial score (nSPS) is 12.8. The van der Waals surface area contributed by atoms with Gasteiger partial charge in [0.2, 0.25) is 0 Å². The van der Waals surface area contributed by atoms with Crippen LogP contribution in [-0.2, 0) is 0 Å². The molecule has 0 saturated carbocycles. The fourth-order valence-corrected chi connectivity index (χ4v) is 1.57. The Balaban J connectivity index is 2.73. The average molecular weight is 238 g/mol. The number of aromatic amines is 1. The van der Waals surface area contributed by atoms with Gasteiger partial charge in [-0.1, -0.05) is 13.8 Å². The number of H-pyrrole nitrogens is 1. The second-order valence-electron chi connectivity index (χ2n) is 4.65. The first-order chi connectivity index (χ1) is 8.02. The van der Waals surface area contributed by atoms with E-state index in [0.717, 1.165) is 12.8 Å². The van der Waals surface area contributed by atoms with Gasteiger partial charge < -0.3 is 16.0 Å². The highest BCUT2D eigenvalue weighted by Crippen LogP contribution is 2.10. The summed E-state index contributed by atoms with van der Waals surface area (Å²) in [5.74, 6) is 1.57. The lowest BCUT2D eigenvalue weighted by atomic mass is 10.2. The molecule has 96 valence electrons. The summed E-state index contributed by atoms with van der Waals surface area (Å²) in [4.78, 5) is 18.6. The Labute approximate surface area is 102 Å². The van der Waals surface area contributed by atoms with Crippen LogP contribution >= 0.6 is 0 Å². The van der Waals surface area contributed by atoms with E-state index in [1.54, 1.807) is 0 Å². The van der Waals surface area contributed by atoms with Crippen LogP contribution in [0.2, 0.25) is 0 Å². The van der Waals surface area contributed by atoms with E-state index in [1.165, 1.54) is 6.07 Å². The Morgan fingerprint density at radius 2 is 2.18 bits per heavy atom. The topological polar surface area (TPSA) is 83.8 Å². The summed E-state index contributed by atoms with van der Waals surface area (Å²) in [5.41, 5.74) is 5.35. The summed E-state index contributed by atoms with van der Waals surface area (Å²) >= 11 is 0. The standard InChI is InChI=1S/C12H22N4O/c1-8(2)12-15-10(7-11(17)16-12)14-9(3)5-4-6-13/h7-9H,4-6,13H2,1-3H3,(H2,14,15,16,17). The van der Waals surface area contributed by atoms with Crippen molar-refractivity contribution in [3.63, 3.8) is 0 Å². The van der Waals surface area contributed by atoms with Gasteiger partial charge in [0.05, 0.1) is 0 Å². The van der Waals surface area contributed by atoms with E-state index in [9.17, 15) is 4.79 Å². The Morgan fingerprint density at radius 1 is 1.47 bits per heavy atom. The van der Waals surface area contributed by atoms with Crippen molar-refractivity contribution in [3.8, 4) is 0 Å². The molecule has 0 aromatic carbocycles. The quantitative estimate of drug-likeness (QED) is 0.700. The van der Waals surface area contributed by atoms with Crippen LogP contribution in [-0.4, -0.2) is 22.6 Å². The molecule has 0 spiro atoms. The third kappa shape index (κ3) is 4.56. The van der Waals surface area contributed by atoms with Gasteiger partial charge in [-0.25, -0.2) is 4.98 Å². The van der Waals surface area contributed by atoms with Gasteiger partial charge in [-0.15, -0.1) is 0 Å². The van der Waals surface area contributed by atoms with Gasteiger partial charge in [-0.2, -0.15) is 0 Å². The third-order valence-corrected chi connectivity index (χ3v) is 2.54. The van der Waals surface area contributed by atoms with Crippen molar-refractivity contribution in [2.75, 3.05) is 11.9 Å². The van der Waals surface area contributed by atoms with Crippen molar-refractivity contribution in [2.45, 2.75) is 45.6 Å². The van der Waals surface area contributed by atoms with Crippen molar-refractivity contribution in [2.24, 2.45) is 5.73 Å². The molecule has 5 nitrogen and oxygen atoms in total. The third-order valence-electron chi connectivity index (χ3n) is 2.54. The van der Waals surface area contributed by atoms with Gasteiger partial charge in [0.15, 0.2) is 0 Å². The highest BCUT2D eigenvalue weighted by molar-refractivity contribution is 5.34. The lowest BCUT2D eigenvalue weighted by Gasteiger charge is -2.15. The molecule has 0 aliphatic rings. The first-order valence-corrected chi connectivity index (χ1v) is 6.10. The van der Waals surface area contributed by atoms with Crippen LogP contribution in [0.15, 0.2) is 10.9 Å². The van der Waals surface area contributed by atoms with Crippen LogP contribution in [0.25, 0.3) is 0 Å². The Hall–Kier alpha value is -1.36. The average Bonchev–Trinajstić information content (AvgIpc) is 2.25. The van der Waals surface area contributed by atoms with E-state index in [0.29, 0.717) is 18.2 Å². The first kappa shape index (κ1) is 13.7. The number of anilines is 1. The minimum atomic E-state index is -0.114. The van der Waals surface area contributed by atoms with Crippen LogP contribution in [0.5, 0.6) is 0 Å². The summed E-state index contributed by atoms with van der Waals surface area (Å²) in [7, 11) is 0. The van der Waals surface area contributed by atoms with Gasteiger partial charge in [0.1, 0.15) is 11.6 Å². The van der Waals surface area contributed by atoms with Gasteiger partial charge in [-0.3, -0.25) is 4.79 Å². The molecule has 1 rings (SSSR count). The minimum absolute atomic E-state index is 0.114. The fraction of sp³-hybridized carbons (Fsp3) is 0.667. The van der Waals surface area contributed by atoms with E-state index >= 15 is 0 Å². The smallest absolute Gasteiger partial charge is 0.252 e. The zero-order valence-electron chi connectivity index (χ0n) is 10.8. The molecule has 1 atom stereocenters. The van der Waals surface area contributed by atoms with Crippen LogP contribution in [0, 0.1) is 0 Å². The molecular weight excluding hydrogens is 216 g/mol. The Bertz CT molecular complexity index is 400. The van der Waals surface area contributed by atoms with Crippen LogP contribution in [0.1, 0.15) is 45.4 Å². The van der Waals surface area contributed by atoms with Gasteiger partial charge in [0.25, 0.3) is 5.56 Å². The molecule has 1 unspecified atom stereocenters.